The minimum absolute atomic E-state index is 0.0971. The van der Waals surface area contributed by atoms with Crippen molar-refractivity contribution in [3.8, 4) is 0 Å². The van der Waals surface area contributed by atoms with Gasteiger partial charge in [-0.25, -0.2) is 5.48 Å². The maximum atomic E-state index is 10.2. The van der Waals surface area contributed by atoms with E-state index in [2.05, 4.69) is 5.48 Å². The summed E-state index contributed by atoms with van der Waals surface area (Å²) in [5.41, 5.74) is 2.77. The van der Waals surface area contributed by atoms with Gasteiger partial charge in [-0.05, 0) is 19.3 Å². The Labute approximate surface area is 65.5 Å². The molecule has 0 bridgehead atoms. The van der Waals surface area contributed by atoms with Gasteiger partial charge in [0.15, 0.2) is 0 Å². The van der Waals surface area contributed by atoms with Crippen LogP contribution in [-0.2, 0) is 9.63 Å². The molecule has 4 heteroatoms. The number of nitrogens with one attached hydrogen (secondary N) is 1. The Hall–Kier alpha value is -0.610. The Morgan fingerprint density at radius 3 is 3.09 bits per heavy atom. The number of rotatable bonds is 3. The highest BCUT2D eigenvalue weighted by Gasteiger charge is 2.14. The van der Waals surface area contributed by atoms with Gasteiger partial charge in [-0.1, -0.05) is 0 Å². The second-order valence-electron chi connectivity index (χ2n) is 2.71. The summed E-state index contributed by atoms with van der Waals surface area (Å²) in [5, 5.41) is 8.37. The Bertz CT molecular complexity index is 132. The van der Waals surface area contributed by atoms with E-state index in [-0.39, 0.29) is 12.5 Å². The summed E-state index contributed by atoms with van der Waals surface area (Å²) in [6.45, 7) is 0.879. The van der Waals surface area contributed by atoms with Crippen LogP contribution in [0.1, 0.15) is 25.7 Å². The van der Waals surface area contributed by atoms with Crippen LogP contribution in [0.3, 0.4) is 0 Å². The molecule has 0 aromatic heterocycles. The molecule has 1 saturated heterocycles. The molecule has 0 aliphatic carbocycles. The third-order valence-electron chi connectivity index (χ3n) is 1.74. The van der Waals surface area contributed by atoms with Gasteiger partial charge in [-0.3, -0.25) is 9.63 Å². The van der Waals surface area contributed by atoms with Gasteiger partial charge in [-0.2, -0.15) is 0 Å². The van der Waals surface area contributed by atoms with Crippen LogP contribution in [0, 0.1) is 0 Å². The molecule has 0 aromatic rings. The van der Waals surface area contributed by atoms with Gasteiger partial charge in [0.25, 0.3) is 0 Å². The molecular weight excluding hydrogens is 146 g/mol. The van der Waals surface area contributed by atoms with Crippen LogP contribution in [0.25, 0.3) is 0 Å². The predicted octanol–water partition coefficient (Wildman–Crippen LogP) is 0.535. The molecule has 4 nitrogen and oxygen atoms in total. The van der Waals surface area contributed by atoms with Gasteiger partial charge >= 0.3 is 5.97 Å². The van der Waals surface area contributed by atoms with Crippen molar-refractivity contribution in [3.63, 3.8) is 0 Å². The van der Waals surface area contributed by atoms with Crippen LogP contribution in [0.2, 0.25) is 0 Å². The lowest BCUT2D eigenvalue weighted by Crippen LogP contribution is -2.31. The molecule has 11 heavy (non-hydrogen) atoms. The molecule has 0 aromatic carbocycles. The van der Waals surface area contributed by atoms with Crippen LogP contribution in [0.5, 0.6) is 0 Å². The topological polar surface area (TPSA) is 58.6 Å². The normalized spacial score (nSPS) is 24.9. The van der Waals surface area contributed by atoms with Gasteiger partial charge in [0.05, 0.1) is 6.10 Å². The van der Waals surface area contributed by atoms with Crippen LogP contribution < -0.4 is 5.48 Å². The van der Waals surface area contributed by atoms with Crippen molar-refractivity contribution >= 4 is 5.97 Å². The number of carboxylic acid groups (broad SMARTS) is 1. The van der Waals surface area contributed by atoms with Gasteiger partial charge in [0.1, 0.15) is 0 Å². The maximum absolute atomic E-state index is 10.2. The van der Waals surface area contributed by atoms with Gasteiger partial charge in [-0.15, -0.1) is 0 Å². The standard InChI is InChI=1S/C7H13NO3/c9-7(10)4-3-6-2-1-5-8-11-6/h6,8H,1-5H2,(H,9,10). The molecule has 0 radical (unpaired) electrons. The summed E-state index contributed by atoms with van der Waals surface area (Å²) in [7, 11) is 0. The van der Waals surface area contributed by atoms with Crippen LogP contribution in [-0.4, -0.2) is 23.7 Å². The molecular formula is C7H13NO3. The summed E-state index contributed by atoms with van der Waals surface area (Å²) in [6.07, 6.45) is 2.96. The first-order valence-electron chi connectivity index (χ1n) is 3.89. The molecule has 0 amide bonds. The monoisotopic (exact) mass is 159 g/mol. The molecule has 1 atom stereocenters. The number of aliphatic carboxylic acids is 1. The van der Waals surface area contributed by atoms with Crippen LogP contribution >= 0.6 is 0 Å². The third-order valence-corrected chi connectivity index (χ3v) is 1.74. The van der Waals surface area contributed by atoms with Crippen LogP contribution in [0.4, 0.5) is 0 Å². The molecule has 1 rings (SSSR count). The first kappa shape index (κ1) is 8.49. The van der Waals surface area contributed by atoms with Gasteiger partial charge < -0.3 is 5.11 Å². The average Bonchev–Trinajstić information content (AvgIpc) is 2.03. The van der Waals surface area contributed by atoms with E-state index in [4.69, 9.17) is 9.94 Å². The van der Waals surface area contributed by atoms with Gasteiger partial charge in [0, 0.05) is 13.0 Å². The van der Waals surface area contributed by atoms with E-state index < -0.39 is 5.97 Å². The largest absolute Gasteiger partial charge is 0.481 e. The van der Waals surface area contributed by atoms with Crippen molar-refractivity contribution in [2.45, 2.75) is 31.8 Å². The molecule has 64 valence electrons. The first-order valence-corrected chi connectivity index (χ1v) is 3.89. The molecule has 1 unspecified atom stereocenters. The average molecular weight is 159 g/mol. The number of carbonyl (C=O) groups is 1. The quantitative estimate of drug-likeness (QED) is 0.630. The van der Waals surface area contributed by atoms with Crippen molar-refractivity contribution in [2.24, 2.45) is 0 Å². The fraction of sp³-hybridized carbons (Fsp3) is 0.857. The van der Waals surface area contributed by atoms with E-state index >= 15 is 0 Å². The number of hydrogen-bond donors (Lipinski definition) is 2. The third kappa shape index (κ3) is 3.34. The zero-order valence-corrected chi connectivity index (χ0v) is 6.38. The fourth-order valence-corrected chi connectivity index (χ4v) is 1.13. The van der Waals surface area contributed by atoms with Crippen molar-refractivity contribution in [1.29, 1.82) is 0 Å². The van der Waals surface area contributed by atoms with E-state index in [1.165, 1.54) is 0 Å². The van der Waals surface area contributed by atoms with E-state index in [1.54, 1.807) is 0 Å². The number of hydroxylamine groups is 1. The summed E-state index contributed by atoms with van der Waals surface area (Å²) in [4.78, 5) is 15.3. The molecule has 1 heterocycles. The van der Waals surface area contributed by atoms with E-state index in [0.717, 1.165) is 19.4 Å². The van der Waals surface area contributed by atoms with E-state index in [9.17, 15) is 4.79 Å². The Morgan fingerprint density at radius 2 is 2.55 bits per heavy atom. The summed E-state index contributed by atoms with van der Waals surface area (Å²) >= 11 is 0. The van der Waals surface area contributed by atoms with E-state index in [0.29, 0.717) is 6.42 Å². The SMILES string of the molecule is O=C(O)CCC1CCCNO1. The van der Waals surface area contributed by atoms with Gasteiger partial charge in [0.2, 0.25) is 0 Å². The Balaban J connectivity index is 2.09. The van der Waals surface area contributed by atoms with Crippen molar-refractivity contribution < 1.29 is 14.7 Å². The minimum Gasteiger partial charge on any atom is -0.481 e. The zero-order chi connectivity index (χ0) is 8.10. The fourth-order valence-electron chi connectivity index (χ4n) is 1.13. The highest BCUT2D eigenvalue weighted by atomic mass is 16.7. The van der Waals surface area contributed by atoms with Crippen LogP contribution in [0.15, 0.2) is 0 Å². The second kappa shape index (κ2) is 4.31. The lowest BCUT2D eigenvalue weighted by molar-refractivity contribution is -0.138. The number of carboxylic acids is 1. The Kier molecular flexibility index (Phi) is 3.32. The highest BCUT2D eigenvalue weighted by Crippen LogP contribution is 2.11. The first-order chi connectivity index (χ1) is 5.29. The van der Waals surface area contributed by atoms with Crippen molar-refractivity contribution in [2.75, 3.05) is 6.54 Å². The minimum atomic E-state index is -0.751. The molecule has 1 fully saturated rings. The lowest BCUT2D eigenvalue weighted by atomic mass is 10.1. The van der Waals surface area contributed by atoms with Crippen molar-refractivity contribution in [3.05, 3.63) is 0 Å². The lowest BCUT2D eigenvalue weighted by Gasteiger charge is -2.21. The summed E-state index contributed by atoms with van der Waals surface area (Å²) in [5.74, 6) is -0.751. The molecule has 1 aliphatic heterocycles. The Morgan fingerprint density at radius 1 is 1.73 bits per heavy atom. The second-order valence-corrected chi connectivity index (χ2v) is 2.71. The van der Waals surface area contributed by atoms with E-state index in [1.807, 2.05) is 0 Å². The summed E-state index contributed by atoms with van der Waals surface area (Å²) < 4.78 is 0. The van der Waals surface area contributed by atoms with Crippen molar-refractivity contribution in [1.82, 2.24) is 5.48 Å². The number of hydrogen-bond acceptors (Lipinski definition) is 3. The zero-order valence-electron chi connectivity index (χ0n) is 6.38. The molecule has 0 spiro atoms. The molecule has 1 aliphatic rings. The molecule has 0 saturated carbocycles. The smallest absolute Gasteiger partial charge is 0.303 e. The predicted molar refractivity (Wildman–Crippen MR) is 39.0 cm³/mol. The highest BCUT2D eigenvalue weighted by molar-refractivity contribution is 5.66. The summed E-state index contributed by atoms with van der Waals surface area (Å²) in [6, 6.07) is 0. The molecule has 2 N–H and O–H groups in total. The maximum Gasteiger partial charge on any atom is 0.303 e.